The Morgan fingerprint density at radius 1 is 1.20 bits per heavy atom. The van der Waals surface area contributed by atoms with Crippen molar-refractivity contribution in [2.75, 3.05) is 0 Å². The van der Waals surface area contributed by atoms with Crippen molar-refractivity contribution >= 4 is 6.29 Å². The third-order valence-corrected chi connectivity index (χ3v) is 3.89. The average Bonchev–Trinajstić information content (AvgIpc) is 2.92. The molecule has 0 radical (unpaired) electrons. The van der Waals surface area contributed by atoms with Crippen molar-refractivity contribution in [3.8, 4) is 0 Å². The van der Waals surface area contributed by atoms with E-state index in [-0.39, 0.29) is 6.04 Å². The number of hydrogen-bond acceptors (Lipinski definition) is 3. The maximum Gasteiger partial charge on any atom is 0.172 e. The summed E-state index contributed by atoms with van der Waals surface area (Å²) in [7, 11) is 0. The molecule has 20 heavy (non-hydrogen) atoms. The Bertz CT molecular complexity index is 558. The molecule has 4 heteroatoms. The van der Waals surface area contributed by atoms with E-state index in [1.807, 2.05) is 22.9 Å². The van der Waals surface area contributed by atoms with E-state index in [2.05, 4.69) is 43.2 Å². The molecule has 106 valence electrons. The molecule has 0 saturated heterocycles. The highest BCUT2D eigenvalue weighted by Crippen LogP contribution is 2.28. The van der Waals surface area contributed by atoms with E-state index < -0.39 is 0 Å². The monoisotopic (exact) mass is 271 g/mol. The van der Waals surface area contributed by atoms with Gasteiger partial charge in [-0.2, -0.15) is 0 Å². The Morgan fingerprint density at radius 3 is 2.40 bits per heavy atom. The molecule has 0 saturated carbocycles. The summed E-state index contributed by atoms with van der Waals surface area (Å²) in [6, 6.07) is 10.2. The van der Waals surface area contributed by atoms with E-state index in [1.54, 1.807) is 0 Å². The molecule has 1 heterocycles. The fraction of sp³-hybridized carbons (Fsp3) is 0.438. The summed E-state index contributed by atoms with van der Waals surface area (Å²) in [4.78, 5) is 11.2. The first kappa shape index (κ1) is 14.4. The number of benzene rings is 1. The summed E-state index contributed by atoms with van der Waals surface area (Å²) in [5, 5.41) is 8.26. The number of aldehydes is 1. The van der Waals surface area contributed by atoms with Gasteiger partial charge in [0.25, 0.3) is 0 Å². The molecule has 0 spiro atoms. The van der Waals surface area contributed by atoms with Crippen molar-refractivity contribution in [2.24, 2.45) is 0 Å². The van der Waals surface area contributed by atoms with Crippen molar-refractivity contribution in [3.63, 3.8) is 0 Å². The van der Waals surface area contributed by atoms with Gasteiger partial charge in [-0.15, -0.1) is 5.10 Å². The lowest BCUT2D eigenvalue weighted by Crippen LogP contribution is -2.15. The van der Waals surface area contributed by atoms with Crippen LogP contribution in [0.2, 0.25) is 0 Å². The maximum absolute atomic E-state index is 11.2. The lowest BCUT2D eigenvalue weighted by atomic mass is 9.96. The maximum atomic E-state index is 11.2. The van der Waals surface area contributed by atoms with E-state index in [0.29, 0.717) is 11.6 Å². The van der Waals surface area contributed by atoms with E-state index in [1.165, 1.54) is 5.56 Å². The summed E-state index contributed by atoms with van der Waals surface area (Å²) in [6.45, 7) is 6.35. The molecule has 0 bridgehead atoms. The predicted octanol–water partition coefficient (Wildman–Crippen LogP) is 3.60. The van der Waals surface area contributed by atoms with Crippen LogP contribution in [0.1, 0.15) is 67.3 Å². The van der Waals surface area contributed by atoms with Crippen molar-refractivity contribution in [1.82, 2.24) is 15.0 Å². The first-order valence-electron chi connectivity index (χ1n) is 7.18. The van der Waals surface area contributed by atoms with Crippen LogP contribution in [0.4, 0.5) is 0 Å². The molecular formula is C16H21N3O. The zero-order chi connectivity index (χ0) is 14.5. The van der Waals surface area contributed by atoms with Crippen molar-refractivity contribution in [3.05, 3.63) is 47.3 Å². The number of rotatable bonds is 6. The SMILES string of the molecule is CCC(CC)c1c(C=O)nnn1C(C)c1ccccc1. The van der Waals surface area contributed by atoms with Crippen LogP contribution in [0.25, 0.3) is 0 Å². The van der Waals surface area contributed by atoms with E-state index in [9.17, 15) is 4.79 Å². The Kier molecular flexibility index (Phi) is 4.66. The molecule has 0 aliphatic rings. The van der Waals surface area contributed by atoms with Crippen LogP contribution < -0.4 is 0 Å². The highest BCUT2D eigenvalue weighted by atomic mass is 16.1. The Hall–Kier alpha value is -1.97. The van der Waals surface area contributed by atoms with E-state index in [4.69, 9.17) is 0 Å². The molecule has 1 aromatic carbocycles. The van der Waals surface area contributed by atoms with Crippen molar-refractivity contribution in [2.45, 2.75) is 45.6 Å². The van der Waals surface area contributed by atoms with Crippen LogP contribution >= 0.6 is 0 Å². The molecule has 4 nitrogen and oxygen atoms in total. The highest BCUT2D eigenvalue weighted by Gasteiger charge is 2.23. The second kappa shape index (κ2) is 6.46. The first-order valence-corrected chi connectivity index (χ1v) is 7.18. The zero-order valence-corrected chi connectivity index (χ0v) is 12.3. The van der Waals surface area contributed by atoms with Gasteiger partial charge < -0.3 is 0 Å². The van der Waals surface area contributed by atoms with Crippen LogP contribution in [-0.2, 0) is 0 Å². The Balaban J connectivity index is 2.46. The Morgan fingerprint density at radius 2 is 1.85 bits per heavy atom. The molecule has 2 rings (SSSR count). The molecule has 0 aliphatic carbocycles. The fourth-order valence-electron chi connectivity index (χ4n) is 2.63. The van der Waals surface area contributed by atoms with Gasteiger partial charge >= 0.3 is 0 Å². The fourth-order valence-corrected chi connectivity index (χ4v) is 2.63. The largest absolute Gasteiger partial charge is 0.296 e. The van der Waals surface area contributed by atoms with Crippen LogP contribution in [-0.4, -0.2) is 21.3 Å². The van der Waals surface area contributed by atoms with Crippen LogP contribution in [0.5, 0.6) is 0 Å². The summed E-state index contributed by atoms with van der Waals surface area (Å²) in [5.74, 6) is 0.316. The summed E-state index contributed by atoms with van der Waals surface area (Å²) >= 11 is 0. The average molecular weight is 271 g/mol. The number of aromatic nitrogens is 3. The van der Waals surface area contributed by atoms with Gasteiger partial charge in [-0.05, 0) is 25.3 Å². The zero-order valence-electron chi connectivity index (χ0n) is 12.3. The summed E-state index contributed by atoms with van der Waals surface area (Å²) < 4.78 is 1.90. The number of carbonyl (C=O) groups is 1. The molecule has 0 amide bonds. The molecule has 0 N–H and O–H groups in total. The third-order valence-electron chi connectivity index (χ3n) is 3.89. The van der Waals surface area contributed by atoms with Gasteiger partial charge in [-0.25, -0.2) is 4.68 Å². The van der Waals surface area contributed by atoms with Crippen LogP contribution in [0.3, 0.4) is 0 Å². The highest BCUT2D eigenvalue weighted by molar-refractivity contribution is 5.73. The number of nitrogens with zero attached hydrogens (tertiary/aromatic N) is 3. The van der Waals surface area contributed by atoms with Crippen molar-refractivity contribution in [1.29, 1.82) is 0 Å². The van der Waals surface area contributed by atoms with Crippen LogP contribution in [0, 0.1) is 0 Å². The lowest BCUT2D eigenvalue weighted by Gasteiger charge is -2.20. The molecule has 0 fully saturated rings. The molecule has 1 aromatic heterocycles. The lowest BCUT2D eigenvalue weighted by molar-refractivity contribution is 0.111. The molecule has 2 aromatic rings. The van der Waals surface area contributed by atoms with Gasteiger partial charge in [0, 0.05) is 5.92 Å². The molecule has 0 aliphatic heterocycles. The first-order chi connectivity index (χ1) is 9.72. The minimum absolute atomic E-state index is 0.0769. The quantitative estimate of drug-likeness (QED) is 0.754. The van der Waals surface area contributed by atoms with Gasteiger partial charge in [0.05, 0.1) is 11.7 Å². The van der Waals surface area contributed by atoms with Crippen LogP contribution in [0.15, 0.2) is 30.3 Å². The molecule has 1 atom stereocenters. The topological polar surface area (TPSA) is 47.8 Å². The minimum Gasteiger partial charge on any atom is -0.296 e. The van der Waals surface area contributed by atoms with Gasteiger partial charge in [0.1, 0.15) is 5.69 Å². The van der Waals surface area contributed by atoms with Crippen molar-refractivity contribution < 1.29 is 4.79 Å². The number of carbonyl (C=O) groups excluding carboxylic acids is 1. The number of hydrogen-bond donors (Lipinski definition) is 0. The van der Waals surface area contributed by atoms with E-state index in [0.717, 1.165) is 24.8 Å². The van der Waals surface area contributed by atoms with Gasteiger partial charge in [0.2, 0.25) is 0 Å². The summed E-state index contributed by atoms with van der Waals surface area (Å²) in [5.41, 5.74) is 2.60. The predicted molar refractivity (Wildman–Crippen MR) is 79.0 cm³/mol. The van der Waals surface area contributed by atoms with Gasteiger partial charge in [-0.1, -0.05) is 49.4 Å². The molecular weight excluding hydrogens is 250 g/mol. The minimum atomic E-state index is 0.0769. The summed E-state index contributed by atoms with van der Waals surface area (Å²) in [6.07, 6.45) is 2.77. The second-order valence-electron chi connectivity index (χ2n) is 5.02. The third kappa shape index (κ3) is 2.64. The normalized spacial score (nSPS) is 12.6. The second-order valence-corrected chi connectivity index (χ2v) is 5.02. The smallest absolute Gasteiger partial charge is 0.172 e. The van der Waals surface area contributed by atoms with E-state index >= 15 is 0 Å². The van der Waals surface area contributed by atoms with Gasteiger partial charge in [0.15, 0.2) is 6.29 Å². The Labute approximate surface area is 119 Å². The standard InChI is InChI=1S/C16H21N3O/c1-4-13(5-2)16-15(11-20)17-18-19(16)12(3)14-9-7-6-8-10-14/h6-13H,4-5H2,1-3H3. The molecule has 1 unspecified atom stereocenters. The van der Waals surface area contributed by atoms with Gasteiger partial charge in [-0.3, -0.25) is 4.79 Å².